The predicted molar refractivity (Wildman–Crippen MR) is 102 cm³/mol. The molecule has 0 aromatic heterocycles. The molecule has 1 amide bonds. The zero-order chi connectivity index (χ0) is 16.8. The van der Waals surface area contributed by atoms with Gasteiger partial charge >= 0.3 is 0 Å². The number of carbonyl (C=O) groups excluding carboxylic acids is 1. The van der Waals surface area contributed by atoms with Crippen LogP contribution in [-0.4, -0.2) is 23.9 Å². The summed E-state index contributed by atoms with van der Waals surface area (Å²) in [5.74, 6) is 0.0149. The van der Waals surface area contributed by atoms with E-state index in [0.717, 1.165) is 22.3 Å². The second kappa shape index (κ2) is 8.45. The van der Waals surface area contributed by atoms with Gasteiger partial charge in [-0.05, 0) is 61.3 Å². The fourth-order valence-corrected chi connectivity index (χ4v) is 3.33. The second-order valence-corrected chi connectivity index (χ2v) is 7.30. The smallest absolute Gasteiger partial charge is 0.228 e. The van der Waals surface area contributed by atoms with Crippen molar-refractivity contribution in [1.29, 1.82) is 0 Å². The van der Waals surface area contributed by atoms with E-state index in [9.17, 15) is 4.79 Å². The lowest BCUT2D eigenvalue weighted by molar-refractivity contribution is -0.115. The molecule has 1 aliphatic rings. The van der Waals surface area contributed by atoms with Crippen molar-refractivity contribution in [2.24, 2.45) is 0 Å². The van der Waals surface area contributed by atoms with Crippen LogP contribution >= 0.6 is 15.9 Å². The van der Waals surface area contributed by atoms with Crippen LogP contribution in [0, 0.1) is 0 Å². The molecule has 1 saturated heterocycles. The van der Waals surface area contributed by atoms with Gasteiger partial charge < -0.3 is 5.32 Å². The van der Waals surface area contributed by atoms with Crippen LogP contribution < -0.4 is 5.32 Å². The maximum absolute atomic E-state index is 12.1. The first kappa shape index (κ1) is 17.2. The number of anilines is 1. The Balaban J connectivity index is 1.51. The lowest BCUT2D eigenvalue weighted by Gasteiger charge is -2.26. The van der Waals surface area contributed by atoms with Gasteiger partial charge in [0.15, 0.2) is 0 Å². The molecule has 0 bridgehead atoms. The first-order chi connectivity index (χ1) is 11.7. The van der Waals surface area contributed by atoms with E-state index < -0.39 is 0 Å². The molecule has 1 N–H and O–H groups in total. The van der Waals surface area contributed by atoms with Crippen molar-refractivity contribution in [3.05, 3.63) is 64.1 Å². The Bertz CT molecular complexity index is 661. The van der Waals surface area contributed by atoms with Gasteiger partial charge in [-0.15, -0.1) is 0 Å². The molecule has 0 spiro atoms. The molecule has 0 unspecified atom stereocenters. The maximum atomic E-state index is 12.1. The van der Waals surface area contributed by atoms with Crippen LogP contribution in [0.5, 0.6) is 0 Å². The Morgan fingerprint density at radius 3 is 2.21 bits per heavy atom. The molecule has 0 atom stereocenters. The third kappa shape index (κ3) is 5.18. The molecule has 126 valence electrons. The molecule has 3 rings (SSSR count). The number of halogens is 1. The number of piperidine rings is 1. The van der Waals surface area contributed by atoms with Gasteiger partial charge in [-0.1, -0.05) is 46.6 Å². The van der Waals surface area contributed by atoms with Gasteiger partial charge in [-0.25, -0.2) is 0 Å². The van der Waals surface area contributed by atoms with E-state index in [4.69, 9.17) is 0 Å². The first-order valence-electron chi connectivity index (χ1n) is 8.55. The topological polar surface area (TPSA) is 32.3 Å². The van der Waals surface area contributed by atoms with Crippen molar-refractivity contribution in [1.82, 2.24) is 4.90 Å². The van der Waals surface area contributed by atoms with E-state index >= 15 is 0 Å². The summed E-state index contributed by atoms with van der Waals surface area (Å²) < 4.78 is 1.02. The lowest BCUT2D eigenvalue weighted by atomic mass is 10.1. The SMILES string of the molecule is O=C(Cc1ccc(Br)cc1)Nc1ccc(CN2CCCCC2)cc1. The van der Waals surface area contributed by atoms with Gasteiger partial charge in [0.2, 0.25) is 5.91 Å². The summed E-state index contributed by atoms with van der Waals surface area (Å²) in [5.41, 5.74) is 3.18. The number of hydrogen-bond donors (Lipinski definition) is 1. The standard InChI is InChI=1S/C20H23BrN2O/c21-18-8-4-16(5-9-18)14-20(24)22-19-10-6-17(7-11-19)15-23-12-2-1-3-13-23/h4-11H,1-3,12-15H2,(H,22,24). The van der Waals surface area contributed by atoms with Crippen molar-refractivity contribution >= 4 is 27.5 Å². The van der Waals surface area contributed by atoms with Gasteiger partial charge in [-0.3, -0.25) is 9.69 Å². The van der Waals surface area contributed by atoms with E-state index in [1.807, 2.05) is 36.4 Å². The zero-order valence-corrected chi connectivity index (χ0v) is 15.4. The van der Waals surface area contributed by atoms with Crippen LogP contribution in [0.25, 0.3) is 0 Å². The number of benzene rings is 2. The van der Waals surface area contributed by atoms with Gasteiger partial charge in [0, 0.05) is 16.7 Å². The number of likely N-dealkylation sites (tertiary alicyclic amines) is 1. The molecule has 0 aliphatic carbocycles. The zero-order valence-electron chi connectivity index (χ0n) is 13.8. The summed E-state index contributed by atoms with van der Waals surface area (Å²) >= 11 is 3.40. The monoisotopic (exact) mass is 386 g/mol. The van der Waals surface area contributed by atoms with Crippen molar-refractivity contribution < 1.29 is 4.79 Å². The Hall–Kier alpha value is -1.65. The first-order valence-corrected chi connectivity index (χ1v) is 9.34. The number of hydrogen-bond acceptors (Lipinski definition) is 2. The highest BCUT2D eigenvalue weighted by Gasteiger charge is 2.10. The largest absolute Gasteiger partial charge is 0.326 e. The third-order valence-corrected chi connectivity index (χ3v) is 4.90. The molecule has 1 fully saturated rings. The number of carbonyl (C=O) groups is 1. The van der Waals surface area contributed by atoms with Crippen molar-refractivity contribution in [3.63, 3.8) is 0 Å². The maximum Gasteiger partial charge on any atom is 0.228 e. The van der Waals surface area contributed by atoms with E-state index in [-0.39, 0.29) is 5.91 Å². The summed E-state index contributed by atoms with van der Waals surface area (Å²) in [7, 11) is 0. The highest BCUT2D eigenvalue weighted by Crippen LogP contribution is 2.16. The number of rotatable bonds is 5. The molecular formula is C20H23BrN2O. The average molecular weight is 387 g/mol. The molecule has 1 aliphatic heterocycles. The van der Waals surface area contributed by atoms with Crippen LogP contribution in [-0.2, 0) is 17.8 Å². The van der Waals surface area contributed by atoms with Gasteiger partial charge in [-0.2, -0.15) is 0 Å². The van der Waals surface area contributed by atoms with Crippen molar-refractivity contribution in [2.75, 3.05) is 18.4 Å². The van der Waals surface area contributed by atoms with Crippen LogP contribution in [0.1, 0.15) is 30.4 Å². The summed E-state index contributed by atoms with van der Waals surface area (Å²) in [6.45, 7) is 3.41. The molecule has 0 saturated carbocycles. The quantitative estimate of drug-likeness (QED) is 0.812. The van der Waals surface area contributed by atoms with E-state index in [0.29, 0.717) is 6.42 Å². The number of nitrogens with one attached hydrogen (secondary N) is 1. The Morgan fingerprint density at radius 2 is 1.54 bits per heavy atom. The molecule has 2 aromatic rings. The normalized spacial score (nSPS) is 15.2. The highest BCUT2D eigenvalue weighted by atomic mass is 79.9. The molecule has 24 heavy (non-hydrogen) atoms. The van der Waals surface area contributed by atoms with E-state index in [2.05, 4.69) is 38.3 Å². The minimum absolute atomic E-state index is 0.0149. The van der Waals surface area contributed by atoms with Gasteiger partial charge in [0.1, 0.15) is 0 Å². The summed E-state index contributed by atoms with van der Waals surface area (Å²) in [5, 5.41) is 2.97. The molecule has 1 heterocycles. The molecule has 3 nitrogen and oxygen atoms in total. The van der Waals surface area contributed by atoms with Gasteiger partial charge in [0.05, 0.1) is 6.42 Å². The summed E-state index contributed by atoms with van der Waals surface area (Å²) in [4.78, 5) is 14.6. The molecule has 0 radical (unpaired) electrons. The van der Waals surface area contributed by atoms with E-state index in [1.54, 1.807) is 0 Å². The van der Waals surface area contributed by atoms with Crippen molar-refractivity contribution in [2.45, 2.75) is 32.2 Å². The summed E-state index contributed by atoms with van der Waals surface area (Å²) in [6, 6.07) is 16.1. The van der Waals surface area contributed by atoms with Crippen LogP contribution in [0.3, 0.4) is 0 Å². The highest BCUT2D eigenvalue weighted by molar-refractivity contribution is 9.10. The summed E-state index contributed by atoms with van der Waals surface area (Å²) in [6.07, 6.45) is 4.37. The van der Waals surface area contributed by atoms with Gasteiger partial charge in [0.25, 0.3) is 0 Å². The fourth-order valence-electron chi connectivity index (χ4n) is 3.06. The predicted octanol–water partition coefficient (Wildman–Crippen LogP) is 4.62. The Kier molecular flexibility index (Phi) is 6.05. The van der Waals surface area contributed by atoms with Crippen LogP contribution in [0.2, 0.25) is 0 Å². The minimum atomic E-state index is 0.0149. The number of nitrogens with zero attached hydrogens (tertiary/aromatic N) is 1. The van der Waals surface area contributed by atoms with E-state index in [1.165, 1.54) is 37.9 Å². The average Bonchev–Trinajstić information content (AvgIpc) is 2.60. The molecule has 4 heteroatoms. The van der Waals surface area contributed by atoms with Crippen LogP contribution in [0.4, 0.5) is 5.69 Å². The minimum Gasteiger partial charge on any atom is -0.326 e. The second-order valence-electron chi connectivity index (χ2n) is 6.39. The lowest BCUT2D eigenvalue weighted by Crippen LogP contribution is -2.29. The molecular weight excluding hydrogens is 364 g/mol. The van der Waals surface area contributed by atoms with Crippen LogP contribution in [0.15, 0.2) is 53.0 Å². The Labute approximate surface area is 152 Å². The number of amides is 1. The molecule has 2 aromatic carbocycles. The fraction of sp³-hybridized carbons (Fsp3) is 0.350. The Morgan fingerprint density at radius 1 is 0.917 bits per heavy atom. The van der Waals surface area contributed by atoms with Crippen molar-refractivity contribution in [3.8, 4) is 0 Å². The third-order valence-electron chi connectivity index (χ3n) is 4.37.